The second kappa shape index (κ2) is 10.1. The predicted molar refractivity (Wildman–Crippen MR) is 140 cm³/mol. The van der Waals surface area contributed by atoms with Crippen molar-refractivity contribution in [2.45, 2.75) is 12.1 Å². The van der Waals surface area contributed by atoms with Crippen molar-refractivity contribution < 1.29 is 14.6 Å². The summed E-state index contributed by atoms with van der Waals surface area (Å²) in [5.74, 6) is 0.121. The fourth-order valence-electron chi connectivity index (χ4n) is 3.87. The van der Waals surface area contributed by atoms with Gasteiger partial charge in [-0.2, -0.15) is 0 Å². The summed E-state index contributed by atoms with van der Waals surface area (Å²) in [5, 5.41) is 20.4. The molecule has 2 N–H and O–H groups in total. The van der Waals surface area contributed by atoms with Gasteiger partial charge < -0.3 is 14.8 Å². The maximum Gasteiger partial charge on any atom is 0.345 e. The number of nitrogens with one attached hydrogen (secondary N) is 1. The van der Waals surface area contributed by atoms with Gasteiger partial charge >= 0.3 is 5.97 Å². The molecule has 180 valence electrons. The van der Waals surface area contributed by atoms with Crippen LogP contribution in [0.1, 0.15) is 11.4 Å². The number of esters is 1. The van der Waals surface area contributed by atoms with Crippen LogP contribution in [0.4, 0.5) is 0 Å². The number of aryl methyl sites for hydroxylation is 1. The Kier molecular flexibility index (Phi) is 6.55. The highest BCUT2D eigenvalue weighted by molar-refractivity contribution is 7.99. The van der Waals surface area contributed by atoms with Crippen LogP contribution < -0.4 is 0 Å². The summed E-state index contributed by atoms with van der Waals surface area (Å²) in [6.07, 6.45) is 0. The van der Waals surface area contributed by atoms with Gasteiger partial charge in [-0.15, -0.1) is 10.2 Å². The molecule has 5 aromatic rings. The van der Waals surface area contributed by atoms with Crippen LogP contribution in [0.3, 0.4) is 0 Å². The Morgan fingerprint density at radius 3 is 2.56 bits per heavy atom. The number of carbonyl (C=O) groups is 1. The number of nitrogens with zero attached hydrogens (tertiary/aromatic N) is 4. The third-order valence-corrected chi connectivity index (χ3v) is 6.51. The molecule has 0 fully saturated rings. The van der Waals surface area contributed by atoms with Gasteiger partial charge in [-0.1, -0.05) is 65.9 Å². The van der Waals surface area contributed by atoms with Crippen LogP contribution in [0, 0.1) is 6.92 Å². The summed E-state index contributed by atoms with van der Waals surface area (Å²) in [6.45, 7) is 2.03. The number of benzene rings is 3. The molecule has 9 heteroatoms. The molecule has 36 heavy (non-hydrogen) atoms. The quantitative estimate of drug-likeness (QED) is 0.135. The number of carbonyl (C=O) groups excluding carboxylic acids is 1. The van der Waals surface area contributed by atoms with E-state index in [2.05, 4.69) is 20.2 Å². The second-order valence-corrected chi connectivity index (χ2v) is 8.99. The monoisotopic (exact) mass is 497 g/mol. The molecule has 5 rings (SSSR count). The predicted octanol–water partition coefficient (Wildman–Crippen LogP) is 5.35. The average Bonchev–Trinajstić information content (AvgIpc) is 3.52. The molecule has 3 aromatic carbocycles. The van der Waals surface area contributed by atoms with E-state index >= 15 is 0 Å². The second-order valence-electron chi connectivity index (χ2n) is 8.05. The number of fused-ring (bicyclic) bond motifs is 1. The minimum absolute atomic E-state index is 0.0223. The van der Waals surface area contributed by atoms with Crippen molar-refractivity contribution in [2.24, 2.45) is 0 Å². The molecule has 2 aromatic heterocycles. The van der Waals surface area contributed by atoms with Crippen LogP contribution in [0.15, 0.2) is 89.8 Å². The first-order valence-electron chi connectivity index (χ1n) is 11.2. The SMILES string of the molecule is COC(=O)C(=C(O)CSc1nnc(-c2cccc(C)c2)n1-c1ccccc1)c1nc2ccccc2[nH]1. The van der Waals surface area contributed by atoms with Crippen molar-refractivity contribution in [3.8, 4) is 17.1 Å². The number of imidazole rings is 1. The van der Waals surface area contributed by atoms with Crippen molar-refractivity contribution in [2.75, 3.05) is 12.9 Å². The van der Waals surface area contributed by atoms with Crippen molar-refractivity contribution in [3.05, 3.63) is 96.0 Å². The molecule has 0 radical (unpaired) electrons. The van der Waals surface area contributed by atoms with Crippen LogP contribution in [0.25, 0.3) is 33.7 Å². The third kappa shape index (κ3) is 4.60. The summed E-state index contributed by atoms with van der Waals surface area (Å²) in [4.78, 5) is 20.2. The van der Waals surface area contributed by atoms with E-state index in [0.717, 1.165) is 22.3 Å². The molecule has 0 aliphatic carbocycles. The van der Waals surface area contributed by atoms with E-state index in [4.69, 9.17) is 4.74 Å². The zero-order valence-electron chi connectivity index (χ0n) is 19.7. The van der Waals surface area contributed by atoms with Gasteiger partial charge in [0.05, 0.1) is 23.9 Å². The highest BCUT2D eigenvalue weighted by Gasteiger charge is 2.23. The molecule has 0 atom stereocenters. The third-order valence-electron chi connectivity index (χ3n) is 5.57. The Morgan fingerprint density at radius 2 is 1.81 bits per heavy atom. The number of ether oxygens (including phenoxy) is 1. The van der Waals surface area contributed by atoms with Crippen LogP contribution in [-0.2, 0) is 9.53 Å². The summed E-state index contributed by atoms with van der Waals surface area (Å²) < 4.78 is 6.88. The van der Waals surface area contributed by atoms with E-state index in [9.17, 15) is 9.90 Å². The minimum atomic E-state index is -0.683. The van der Waals surface area contributed by atoms with Crippen molar-refractivity contribution >= 4 is 34.3 Å². The maximum atomic E-state index is 12.6. The molecule has 0 aliphatic rings. The first-order valence-corrected chi connectivity index (χ1v) is 12.2. The molecule has 0 bridgehead atoms. The first-order chi connectivity index (χ1) is 17.5. The molecule has 0 amide bonds. The highest BCUT2D eigenvalue weighted by Crippen LogP contribution is 2.30. The first kappa shape index (κ1) is 23.4. The molecule has 2 heterocycles. The van der Waals surface area contributed by atoms with E-state index < -0.39 is 5.97 Å². The van der Waals surface area contributed by atoms with Crippen LogP contribution >= 0.6 is 11.8 Å². The molecule has 8 nitrogen and oxygen atoms in total. The lowest BCUT2D eigenvalue weighted by atomic mass is 10.1. The lowest BCUT2D eigenvalue weighted by Crippen LogP contribution is -2.10. The smallest absolute Gasteiger partial charge is 0.345 e. The Balaban J connectivity index is 1.53. The average molecular weight is 498 g/mol. The van der Waals surface area contributed by atoms with Crippen molar-refractivity contribution in [1.82, 2.24) is 24.7 Å². The number of thioether (sulfide) groups is 1. The number of aromatic nitrogens is 5. The highest BCUT2D eigenvalue weighted by atomic mass is 32.2. The maximum absolute atomic E-state index is 12.6. The van der Waals surface area contributed by atoms with Gasteiger partial charge in [0.1, 0.15) is 17.2 Å². The Bertz CT molecular complexity index is 1540. The van der Waals surface area contributed by atoms with Gasteiger partial charge in [0, 0.05) is 11.3 Å². The van der Waals surface area contributed by atoms with Gasteiger partial charge in [-0.25, -0.2) is 9.78 Å². The van der Waals surface area contributed by atoms with Gasteiger partial charge in [-0.3, -0.25) is 4.57 Å². The minimum Gasteiger partial charge on any atom is -0.510 e. The number of aliphatic hydroxyl groups excluding tert-OH is 1. The molecule has 0 saturated heterocycles. The van der Waals surface area contributed by atoms with Gasteiger partial charge in [0.15, 0.2) is 11.0 Å². The van der Waals surface area contributed by atoms with Gasteiger partial charge in [0.25, 0.3) is 0 Å². The van der Waals surface area contributed by atoms with Gasteiger partial charge in [0.2, 0.25) is 0 Å². The number of para-hydroxylation sites is 3. The fourth-order valence-corrected chi connectivity index (χ4v) is 4.70. The zero-order chi connectivity index (χ0) is 25.1. The number of hydrogen-bond acceptors (Lipinski definition) is 7. The molecule has 0 aliphatic heterocycles. The molecule has 0 saturated carbocycles. The van der Waals surface area contributed by atoms with E-state index in [1.165, 1.54) is 18.9 Å². The van der Waals surface area contributed by atoms with Crippen LogP contribution in [-0.4, -0.2) is 48.7 Å². The lowest BCUT2D eigenvalue weighted by Gasteiger charge is -2.11. The summed E-state index contributed by atoms with van der Waals surface area (Å²) in [5.41, 5.74) is 4.33. The zero-order valence-corrected chi connectivity index (χ0v) is 20.5. The Morgan fingerprint density at radius 1 is 1.03 bits per heavy atom. The Labute approximate surface area is 211 Å². The summed E-state index contributed by atoms with van der Waals surface area (Å²) in [6, 6.07) is 25.2. The fraction of sp³-hybridized carbons (Fsp3) is 0.111. The number of H-pyrrole nitrogens is 1. The van der Waals surface area contributed by atoms with Crippen molar-refractivity contribution in [1.29, 1.82) is 0 Å². The Hall–Kier alpha value is -4.37. The summed E-state index contributed by atoms with van der Waals surface area (Å²) >= 11 is 1.26. The number of aromatic amines is 1. The van der Waals surface area contributed by atoms with E-state index in [1.54, 1.807) is 0 Å². The molecule has 0 unspecified atom stereocenters. The molecular weight excluding hydrogens is 474 g/mol. The molecular formula is C27H23N5O3S. The lowest BCUT2D eigenvalue weighted by molar-refractivity contribution is -0.133. The van der Waals surface area contributed by atoms with Gasteiger partial charge in [-0.05, 0) is 37.3 Å². The standard InChI is InChI=1S/C27H23N5O3S/c1-17-9-8-10-18(15-17)25-30-31-27(32(25)19-11-4-3-5-12-19)36-16-22(33)23(26(34)35-2)24-28-20-13-6-7-14-21(20)29-24/h3-15,33H,16H2,1-2H3,(H,28,29). The van der Waals surface area contributed by atoms with Crippen LogP contribution in [0.2, 0.25) is 0 Å². The largest absolute Gasteiger partial charge is 0.510 e. The number of hydrogen-bond donors (Lipinski definition) is 2. The van der Waals surface area contributed by atoms with Crippen molar-refractivity contribution in [3.63, 3.8) is 0 Å². The van der Waals surface area contributed by atoms with E-state index in [-0.39, 0.29) is 22.9 Å². The number of aliphatic hydroxyl groups is 1. The van der Waals surface area contributed by atoms with Crippen LogP contribution in [0.5, 0.6) is 0 Å². The number of methoxy groups -OCH3 is 1. The summed E-state index contributed by atoms with van der Waals surface area (Å²) in [7, 11) is 1.27. The van der Waals surface area contributed by atoms with E-state index in [0.29, 0.717) is 16.5 Å². The topological polar surface area (TPSA) is 106 Å². The molecule has 0 spiro atoms. The normalized spacial score (nSPS) is 11.9. The number of rotatable bonds is 7. The van der Waals surface area contributed by atoms with E-state index in [1.807, 2.05) is 90.4 Å².